The van der Waals surface area contributed by atoms with E-state index in [1.807, 2.05) is 73.7 Å². The molecule has 0 aliphatic heterocycles. The van der Waals surface area contributed by atoms with E-state index >= 15 is 0 Å². The molecule has 2 rings (SSSR count). The van der Waals surface area contributed by atoms with Gasteiger partial charge in [-0.3, -0.25) is 0 Å². The predicted octanol–water partition coefficient (Wildman–Crippen LogP) is 3.86. The molecular formula is C17H18O. The zero-order chi connectivity index (χ0) is 13.0. The molecule has 2 aromatic rings. The molecule has 18 heavy (non-hydrogen) atoms. The molecule has 1 heteroatoms. The first-order chi connectivity index (χ1) is 8.66. The molecule has 0 fully saturated rings. The average Bonchev–Trinajstić information content (AvgIpc) is 2.41. The van der Waals surface area contributed by atoms with Gasteiger partial charge < -0.3 is 5.11 Å². The van der Waals surface area contributed by atoms with Crippen LogP contribution in [0.5, 0.6) is 0 Å². The van der Waals surface area contributed by atoms with E-state index in [0.717, 1.165) is 11.1 Å². The summed E-state index contributed by atoms with van der Waals surface area (Å²) >= 11 is 0. The monoisotopic (exact) mass is 238 g/mol. The fourth-order valence-electron chi connectivity index (χ4n) is 2.31. The summed E-state index contributed by atoms with van der Waals surface area (Å²) in [6.45, 7) is 5.70. The van der Waals surface area contributed by atoms with E-state index in [1.165, 1.54) is 0 Å². The molecule has 0 aliphatic carbocycles. The summed E-state index contributed by atoms with van der Waals surface area (Å²) in [4.78, 5) is 0. The summed E-state index contributed by atoms with van der Waals surface area (Å²) in [6, 6.07) is 19.7. The standard InChI is InChI=1S/C17H18O/c1-3-16(14-10-6-4-7-11-14)17(2,18)15-12-8-5-9-13-15/h3-13,16,18H,1H2,2H3/t16-,17+/m0/s1. The van der Waals surface area contributed by atoms with Crippen molar-refractivity contribution < 1.29 is 5.11 Å². The van der Waals surface area contributed by atoms with Crippen LogP contribution < -0.4 is 0 Å². The lowest BCUT2D eigenvalue weighted by Crippen LogP contribution is -2.28. The van der Waals surface area contributed by atoms with Gasteiger partial charge in [0, 0.05) is 5.92 Å². The Morgan fingerprint density at radius 1 is 1.00 bits per heavy atom. The van der Waals surface area contributed by atoms with Gasteiger partial charge in [0.1, 0.15) is 0 Å². The lowest BCUT2D eigenvalue weighted by Gasteiger charge is -2.31. The van der Waals surface area contributed by atoms with Crippen molar-refractivity contribution >= 4 is 0 Å². The van der Waals surface area contributed by atoms with Gasteiger partial charge in [0.25, 0.3) is 0 Å². The van der Waals surface area contributed by atoms with Crippen molar-refractivity contribution in [3.8, 4) is 0 Å². The quantitative estimate of drug-likeness (QED) is 0.802. The summed E-state index contributed by atoms with van der Waals surface area (Å²) in [6.07, 6.45) is 1.81. The fourth-order valence-corrected chi connectivity index (χ4v) is 2.31. The van der Waals surface area contributed by atoms with Gasteiger partial charge in [-0.1, -0.05) is 66.7 Å². The normalized spacial score (nSPS) is 15.7. The van der Waals surface area contributed by atoms with E-state index in [4.69, 9.17) is 0 Å². The number of benzene rings is 2. The Bertz CT molecular complexity index is 500. The van der Waals surface area contributed by atoms with E-state index in [1.54, 1.807) is 0 Å². The Hall–Kier alpha value is -1.86. The number of aliphatic hydroxyl groups is 1. The Balaban J connectivity index is 2.42. The minimum Gasteiger partial charge on any atom is -0.384 e. The second-order valence-corrected chi connectivity index (χ2v) is 4.64. The van der Waals surface area contributed by atoms with Crippen LogP contribution in [0.15, 0.2) is 73.3 Å². The van der Waals surface area contributed by atoms with Crippen molar-refractivity contribution in [3.63, 3.8) is 0 Å². The smallest absolute Gasteiger partial charge is 0.0971 e. The van der Waals surface area contributed by atoms with Crippen LogP contribution in [0.25, 0.3) is 0 Å². The highest BCUT2D eigenvalue weighted by Gasteiger charge is 2.32. The molecule has 0 saturated heterocycles. The van der Waals surface area contributed by atoms with Crippen LogP contribution in [0.3, 0.4) is 0 Å². The molecule has 92 valence electrons. The van der Waals surface area contributed by atoms with Crippen LogP contribution in [0.1, 0.15) is 24.0 Å². The van der Waals surface area contributed by atoms with Crippen molar-refractivity contribution in [1.82, 2.24) is 0 Å². The highest BCUT2D eigenvalue weighted by Crippen LogP contribution is 2.37. The van der Waals surface area contributed by atoms with Crippen LogP contribution in [-0.4, -0.2) is 5.11 Å². The summed E-state index contributed by atoms with van der Waals surface area (Å²) in [5.41, 5.74) is 1.02. The van der Waals surface area contributed by atoms with Gasteiger partial charge in [0.2, 0.25) is 0 Å². The number of hydrogen-bond donors (Lipinski definition) is 1. The Morgan fingerprint density at radius 3 is 2.00 bits per heavy atom. The summed E-state index contributed by atoms with van der Waals surface area (Å²) in [5, 5.41) is 10.8. The molecule has 0 unspecified atom stereocenters. The third-order valence-corrected chi connectivity index (χ3v) is 3.36. The van der Waals surface area contributed by atoms with Gasteiger partial charge in [-0.25, -0.2) is 0 Å². The van der Waals surface area contributed by atoms with Crippen LogP contribution in [0.4, 0.5) is 0 Å². The van der Waals surface area contributed by atoms with Crippen LogP contribution in [-0.2, 0) is 5.60 Å². The lowest BCUT2D eigenvalue weighted by atomic mass is 9.79. The maximum atomic E-state index is 10.8. The zero-order valence-corrected chi connectivity index (χ0v) is 10.6. The van der Waals surface area contributed by atoms with E-state index in [2.05, 4.69) is 6.58 Å². The van der Waals surface area contributed by atoms with Gasteiger partial charge in [0.05, 0.1) is 5.60 Å². The minimum atomic E-state index is -0.954. The summed E-state index contributed by atoms with van der Waals surface area (Å²) < 4.78 is 0. The van der Waals surface area contributed by atoms with Crippen LogP contribution in [0.2, 0.25) is 0 Å². The van der Waals surface area contributed by atoms with Gasteiger partial charge in [0.15, 0.2) is 0 Å². The van der Waals surface area contributed by atoms with E-state index in [0.29, 0.717) is 0 Å². The first kappa shape index (κ1) is 12.6. The molecule has 0 spiro atoms. The van der Waals surface area contributed by atoms with Crippen molar-refractivity contribution in [3.05, 3.63) is 84.4 Å². The number of hydrogen-bond acceptors (Lipinski definition) is 1. The molecular weight excluding hydrogens is 220 g/mol. The summed E-state index contributed by atoms with van der Waals surface area (Å²) in [5.74, 6) is -0.124. The second kappa shape index (κ2) is 5.19. The van der Waals surface area contributed by atoms with E-state index < -0.39 is 5.60 Å². The second-order valence-electron chi connectivity index (χ2n) is 4.64. The predicted molar refractivity (Wildman–Crippen MR) is 75.4 cm³/mol. The van der Waals surface area contributed by atoms with Crippen LogP contribution >= 0.6 is 0 Å². The Labute approximate surface area is 108 Å². The Kier molecular flexibility index (Phi) is 3.63. The highest BCUT2D eigenvalue weighted by molar-refractivity contribution is 5.33. The lowest BCUT2D eigenvalue weighted by molar-refractivity contribution is 0.0417. The molecule has 0 saturated carbocycles. The average molecular weight is 238 g/mol. The zero-order valence-electron chi connectivity index (χ0n) is 10.6. The largest absolute Gasteiger partial charge is 0.384 e. The molecule has 2 atom stereocenters. The van der Waals surface area contributed by atoms with E-state index in [-0.39, 0.29) is 5.92 Å². The van der Waals surface area contributed by atoms with Gasteiger partial charge in [-0.2, -0.15) is 0 Å². The molecule has 0 amide bonds. The third-order valence-electron chi connectivity index (χ3n) is 3.36. The molecule has 0 bridgehead atoms. The van der Waals surface area contributed by atoms with E-state index in [9.17, 15) is 5.11 Å². The summed E-state index contributed by atoms with van der Waals surface area (Å²) in [7, 11) is 0. The SMILES string of the molecule is C=C[C@@H](c1ccccc1)[C@](C)(O)c1ccccc1. The highest BCUT2D eigenvalue weighted by atomic mass is 16.3. The van der Waals surface area contributed by atoms with Gasteiger partial charge >= 0.3 is 0 Å². The molecule has 1 nitrogen and oxygen atoms in total. The maximum Gasteiger partial charge on any atom is 0.0971 e. The van der Waals surface area contributed by atoms with Gasteiger partial charge in [-0.05, 0) is 18.1 Å². The van der Waals surface area contributed by atoms with Crippen LogP contribution in [0, 0.1) is 0 Å². The number of rotatable bonds is 4. The molecule has 0 heterocycles. The molecule has 0 aliphatic rings. The maximum absolute atomic E-state index is 10.8. The first-order valence-electron chi connectivity index (χ1n) is 6.11. The van der Waals surface area contributed by atoms with Crippen molar-refractivity contribution in [2.45, 2.75) is 18.4 Å². The topological polar surface area (TPSA) is 20.2 Å². The third kappa shape index (κ3) is 2.36. The van der Waals surface area contributed by atoms with Crippen molar-refractivity contribution in [2.75, 3.05) is 0 Å². The molecule has 1 N–H and O–H groups in total. The molecule has 0 aromatic heterocycles. The minimum absolute atomic E-state index is 0.124. The van der Waals surface area contributed by atoms with Gasteiger partial charge in [-0.15, -0.1) is 6.58 Å². The first-order valence-corrected chi connectivity index (χ1v) is 6.11. The molecule has 0 radical (unpaired) electrons. The molecule has 2 aromatic carbocycles. The van der Waals surface area contributed by atoms with Crippen molar-refractivity contribution in [2.24, 2.45) is 0 Å². The fraction of sp³-hybridized carbons (Fsp3) is 0.176. The Morgan fingerprint density at radius 2 is 1.50 bits per heavy atom. The van der Waals surface area contributed by atoms with Crippen molar-refractivity contribution in [1.29, 1.82) is 0 Å².